The first kappa shape index (κ1) is 17.1. The van der Waals surface area contributed by atoms with Gasteiger partial charge in [0.25, 0.3) is 0 Å². The Hall–Kier alpha value is -2.28. The van der Waals surface area contributed by atoms with Crippen molar-refractivity contribution in [1.82, 2.24) is 4.57 Å². The molecule has 0 radical (unpaired) electrons. The third-order valence-corrected chi connectivity index (χ3v) is 5.88. The van der Waals surface area contributed by atoms with Gasteiger partial charge in [0.2, 0.25) is 0 Å². The molecule has 0 bridgehead atoms. The van der Waals surface area contributed by atoms with Gasteiger partial charge in [0.05, 0.1) is 0 Å². The number of aromatic nitrogens is 1. The fourth-order valence-electron chi connectivity index (χ4n) is 4.75. The van der Waals surface area contributed by atoms with Crippen LogP contribution in [0.1, 0.15) is 62.6 Å². The first-order valence-corrected chi connectivity index (χ1v) is 10.0. The van der Waals surface area contributed by atoms with Crippen molar-refractivity contribution in [3.8, 4) is 0 Å². The summed E-state index contributed by atoms with van der Waals surface area (Å²) in [6.45, 7) is 6.99. The van der Waals surface area contributed by atoms with Gasteiger partial charge in [0.1, 0.15) is 0 Å². The number of rotatable bonds is 5. The van der Waals surface area contributed by atoms with Crippen molar-refractivity contribution >= 4 is 22.0 Å². The molecule has 0 spiro atoms. The predicted octanol–water partition coefficient (Wildman–Crippen LogP) is 7.03. The van der Waals surface area contributed by atoms with Gasteiger partial charge in [-0.1, -0.05) is 76.1 Å². The molecular weight excluding hydrogens is 314 g/mol. The van der Waals surface area contributed by atoms with Crippen molar-refractivity contribution in [3.05, 3.63) is 71.4 Å². The molecule has 1 heteroatoms. The predicted molar refractivity (Wildman–Crippen MR) is 113 cm³/mol. The molecule has 134 valence electrons. The summed E-state index contributed by atoms with van der Waals surface area (Å²) in [7, 11) is 2.17. The quantitative estimate of drug-likeness (QED) is 0.468. The molecule has 1 aliphatic carbocycles. The Morgan fingerprint density at radius 2 is 1.69 bits per heavy atom. The second-order valence-corrected chi connectivity index (χ2v) is 7.93. The van der Waals surface area contributed by atoms with E-state index in [1.807, 2.05) is 0 Å². The second kappa shape index (κ2) is 6.79. The van der Waals surface area contributed by atoms with Crippen LogP contribution in [0.25, 0.3) is 22.0 Å². The molecule has 0 amide bonds. The van der Waals surface area contributed by atoms with Crippen molar-refractivity contribution in [2.75, 3.05) is 0 Å². The molecular formula is C25H29N. The zero-order chi connectivity index (χ0) is 18.3. The Bertz CT molecular complexity index is 971. The van der Waals surface area contributed by atoms with Crippen LogP contribution in [0.2, 0.25) is 0 Å². The van der Waals surface area contributed by atoms with Gasteiger partial charge in [-0.25, -0.2) is 0 Å². The van der Waals surface area contributed by atoms with E-state index in [0.29, 0.717) is 11.8 Å². The molecule has 0 fully saturated rings. The third kappa shape index (κ3) is 2.61. The summed E-state index contributed by atoms with van der Waals surface area (Å²) < 4.78 is 2.29. The van der Waals surface area contributed by atoms with Crippen LogP contribution >= 0.6 is 0 Å². The van der Waals surface area contributed by atoms with E-state index in [9.17, 15) is 0 Å². The lowest BCUT2D eigenvalue weighted by molar-refractivity contribution is 0.678. The Morgan fingerprint density at radius 3 is 2.46 bits per heavy atom. The number of fused-ring (bicyclic) bond motifs is 2. The number of aryl methyl sites for hydroxylation is 1. The minimum Gasteiger partial charge on any atom is -0.350 e. The van der Waals surface area contributed by atoms with E-state index in [1.165, 1.54) is 46.9 Å². The summed E-state index contributed by atoms with van der Waals surface area (Å²) in [4.78, 5) is 0. The SMILES string of the molecule is CCCCC1C(c2cn(C)c3ccccc23)=C(C(C)C)c2ccccc21. The normalized spacial score (nSPS) is 16.7. The summed E-state index contributed by atoms with van der Waals surface area (Å²) in [5.41, 5.74) is 8.90. The van der Waals surface area contributed by atoms with E-state index in [-0.39, 0.29) is 0 Å². The minimum absolute atomic E-state index is 0.523. The van der Waals surface area contributed by atoms with Crippen LogP contribution in [0.4, 0.5) is 0 Å². The maximum absolute atomic E-state index is 2.36. The summed E-state index contributed by atoms with van der Waals surface area (Å²) >= 11 is 0. The zero-order valence-electron chi connectivity index (χ0n) is 16.4. The Balaban J connectivity index is 1.99. The molecule has 1 aliphatic rings. The Morgan fingerprint density at radius 1 is 0.962 bits per heavy atom. The van der Waals surface area contributed by atoms with Gasteiger partial charge in [0, 0.05) is 35.6 Å². The number of allylic oxidation sites excluding steroid dienone is 2. The van der Waals surface area contributed by atoms with Crippen molar-refractivity contribution in [3.63, 3.8) is 0 Å². The van der Waals surface area contributed by atoms with Crippen molar-refractivity contribution in [1.29, 1.82) is 0 Å². The van der Waals surface area contributed by atoms with E-state index in [2.05, 4.69) is 87.1 Å². The standard InChI is InChI=1S/C25H29N/c1-5-6-11-21-18-12-7-8-14-20(18)24(17(2)3)25(21)22-16-26(4)23-15-10-9-13-19(22)23/h7-10,12-17,21H,5-6,11H2,1-4H3. The molecule has 1 unspecified atom stereocenters. The minimum atomic E-state index is 0.523. The Kier molecular flexibility index (Phi) is 4.48. The van der Waals surface area contributed by atoms with Crippen molar-refractivity contribution in [2.24, 2.45) is 13.0 Å². The molecule has 1 heterocycles. The lowest BCUT2D eigenvalue weighted by Crippen LogP contribution is -1.99. The third-order valence-electron chi connectivity index (χ3n) is 5.88. The van der Waals surface area contributed by atoms with Crippen LogP contribution in [0.3, 0.4) is 0 Å². The number of benzene rings is 2. The summed E-state index contributed by atoms with van der Waals surface area (Å²) in [6, 6.07) is 17.9. The molecule has 1 nitrogen and oxygen atoms in total. The number of hydrogen-bond acceptors (Lipinski definition) is 0. The van der Waals surface area contributed by atoms with Crippen LogP contribution in [-0.2, 0) is 7.05 Å². The van der Waals surface area contributed by atoms with Gasteiger partial charge >= 0.3 is 0 Å². The maximum atomic E-state index is 2.36. The molecule has 2 aromatic carbocycles. The monoisotopic (exact) mass is 343 g/mol. The fourth-order valence-corrected chi connectivity index (χ4v) is 4.75. The molecule has 4 rings (SSSR count). The molecule has 1 atom stereocenters. The number of para-hydroxylation sites is 1. The fraction of sp³-hybridized carbons (Fsp3) is 0.360. The van der Waals surface area contributed by atoms with Crippen LogP contribution in [0, 0.1) is 5.92 Å². The second-order valence-electron chi connectivity index (χ2n) is 7.93. The van der Waals surface area contributed by atoms with E-state index in [1.54, 1.807) is 11.1 Å². The van der Waals surface area contributed by atoms with Crippen molar-refractivity contribution < 1.29 is 0 Å². The first-order chi connectivity index (χ1) is 12.6. The van der Waals surface area contributed by atoms with Gasteiger partial charge < -0.3 is 4.57 Å². The average Bonchev–Trinajstić information content (AvgIpc) is 3.15. The Labute approximate surface area is 157 Å². The highest BCUT2D eigenvalue weighted by atomic mass is 14.9. The van der Waals surface area contributed by atoms with Crippen LogP contribution in [0.5, 0.6) is 0 Å². The first-order valence-electron chi connectivity index (χ1n) is 10.0. The molecule has 3 aromatic rings. The number of unbranched alkanes of at least 4 members (excludes halogenated alkanes) is 1. The average molecular weight is 344 g/mol. The molecule has 0 saturated heterocycles. The van der Waals surface area contributed by atoms with Crippen molar-refractivity contribution in [2.45, 2.75) is 46.0 Å². The highest BCUT2D eigenvalue weighted by Crippen LogP contribution is 2.52. The molecule has 0 aliphatic heterocycles. The summed E-state index contributed by atoms with van der Waals surface area (Å²) in [6.07, 6.45) is 6.12. The molecule has 26 heavy (non-hydrogen) atoms. The largest absolute Gasteiger partial charge is 0.350 e. The van der Waals surface area contributed by atoms with Crippen LogP contribution in [0.15, 0.2) is 54.7 Å². The van der Waals surface area contributed by atoms with Crippen LogP contribution < -0.4 is 0 Å². The van der Waals surface area contributed by atoms with Gasteiger partial charge in [-0.05, 0) is 40.7 Å². The van der Waals surface area contributed by atoms with E-state index in [0.717, 1.165) is 0 Å². The van der Waals surface area contributed by atoms with E-state index < -0.39 is 0 Å². The van der Waals surface area contributed by atoms with Gasteiger partial charge in [-0.2, -0.15) is 0 Å². The van der Waals surface area contributed by atoms with Crippen LogP contribution in [-0.4, -0.2) is 4.57 Å². The highest BCUT2D eigenvalue weighted by Gasteiger charge is 2.33. The molecule has 0 N–H and O–H groups in total. The summed E-state index contributed by atoms with van der Waals surface area (Å²) in [5.74, 6) is 1.05. The lowest BCUT2D eigenvalue weighted by atomic mass is 9.85. The lowest BCUT2D eigenvalue weighted by Gasteiger charge is -2.18. The topological polar surface area (TPSA) is 4.93 Å². The maximum Gasteiger partial charge on any atom is 0.0484 e. The van der Waals surface area contributed by atoms with Gasteiger partial charge in [0.15, 0.2) is 0 Å². The molecule has 1 aromatic heterocycles. The molecule has 0 saturated carbocycles. The number of hydrogen-bond donors (Lipinski definition) is 0. The smallest absolute Gasteiger partial charge is 0.0484 e. The summed E-state index contributed by atoms with van der Waals surface area (Å²) in [5, 5.41) is 1.39. The van der Waals surface area contributed by atoms with E-state index in [4.69, 9.17) is 0 Å². The van der Waals surface area contributed by atoms with Gasteiger partial charge in [-0.15, -0.1) is 0 Å². The highest BCUT2D eigenvalue weighted by molar-refractivity contribution is 6.06. The van der Waals surface area contributed by atoms with E-state index >= 15 is 0 Å². The number of nitrogens with zero attached hydrogens (tertiary/aromatic N) is 1. The van der Waals surface area contributed by atoms with Gasteiger partial charge in [-0.3, -0.25) is 0 Å². The zero-order valence-corrected chi connectivity index (χ0v) is 16.4.